The molecule has 0 aromatic carbocycles. The van der Waals surface area contributed by atoms with Gasteiger partial charge >= 0.3 is 5.97 Å². The zero-order valence-corrected chi connectivity index (χ0v) is 8.04. The molecule has 3 nitrogen and oxygen atoms in total. The third kappa shape index (κ3) is 8.90. The van der Waals surface area contributed by atoms with Crippen LogP contribution in [0.25, 0.3) is 0 Å². The van der Waals surface area contributed by atoms with Crippen molar-refractivity contribution in [2.45, 2.75) is 25.7 Å². The normalized spacial score (nSPS) is 9.23. The van der Waals surface area contributed by atoms with Gasteiger partial charge in [-0.25, -0.2) is 0 Å². The summed E-state index contributed by atoms with van der Waals surface area (Å²) >= 11 is 0. The molecular weight excluding hydrogens is 168 g/mol. The molecule has 13 heavy (non-hydrogen) atoms. The molecule has 3 heteroatoms. The van der Waals surface area contributed by atoms with E-state index in [4.69, 9.17) is 11.2 Å². The van der Waals surface area contributed by atoms with Crippen LogP contribution in [0, 0.1) is 12.3 Å². The van der Waals surface area contributed by atoms with E-state index < -0.39 is 0 Å². The van der Waals surface area contributed by atoms with Gasteiger partial charge in [-0.3, -0.25) is 4.79 Å². The zero-order chi connectivity index (χ0) is 9.94. The Morgan fingerprint density at radius 3 is 2.77 bits per heavy atom. The van der Waals surface area contributed by atoms with Crippen LogP contribution in [0.4, 0.5) is 0 Å². The van der Waals surface area contributed by atoms with Gasteiger partial charge in [0.15, 0.2) is 0 Å². The maximum atomic E-state index is 10.7. The molecular formula is C10H16O3. The lowest BCUT2D eigenvalue weighted by molar-refractivity contribution is -0.140. The first-order chi connectivity index (χ1) is 6.31. The van der Waals surface area contributed by atoms with E-state index in [-0.39, 0.29) is 5.97 Å². The number of unbranched alkanes of at least 4 members (excludes halogenated alkanes) is 2. The van der Waals surface area contributed by atoms with E-state index >= 15 is 0 Å². The van der Waals surface area contributed by atoms with Gasteiger partial charge in [-0.05, 0) is 12.8 Å². The number of terminal acetylenes is 1. The molecule has 0 bridgehead atoms. The molecule has 0 aliphatic rings. The quantitative estimate of drug-likeness (QED) is 0.340. The molecule has 0 N–H and O–H groups in total. The zero-order valence-electron chi connectivity index (χ0n) is 8.04. The molecule has 0 spiro atoms. The molecule has 0 atom stereocenters. The molecule has 0 rings (SSSR count). The lowest BCUT2D eigenvalue weighted by Gasteiger charge is -2.00. The van der Waals surface area contributed by atoms with Gasteiger partial charge < -0.3 is 9.47 Å². The summed E-state index contributed by atoms with van der Waals surface area (Å²) in [5.74, 6) is 2.24. The number of methoxy groups -OCH3 is 1. The van der Waals surface area contributed by atoms with Crippen molar-refractivity contribution < 1.29 is 14.3 Å². The Balaban J connectivity index is 3.00. The summed E-state index contributed by atoms with van der Waals surface area (Å²) in [4.78, 5) is 10.7. The Morgan fingerprint density at radius 2 is 2.15 bits per heavy atom. The molecule has 0 amide bonds. The number of rotatable bonds is 7. The number of carbonyl (C=O) groups excluding carboxylic acids is 1. The summed E-state index contributed by atoms with van der Waals surface area (Å²) in [5.41, 5.74) is 0. The van der Waals surface area contributed by atoms with Crippen LogP contribution in [0.2, 0.25) is 0 Å². The first kappa shape index (κ1) is 12.0. The standard InChI is InChI=1S/C10H16O3/c1-3-8-13-9-6-4-5-7-10(11)12-2/h1H,4-9H2,2H3. The van der Waals surface area contributed by atoms with Crippen molar-refractivity contribution in [2.24, 2.45) is 0 Å². The molecule has 0 unspecified atom stereocenters. The largest absolute Gasteiger partial charge is 0.469 e. The SMILES string of the molecule is C#CCOCCCCCC(=O)OC. The van der Waals surface area contributed by atoms with E-state index in [2.05, 4.69) is 10.7 Å². The van der Waals surface area contributed by atoms with Crippen molar-refractivity contribution >= 4 is 5.97 Å². The maximum absolute atomic E-state index is 10.7. The van der Waals surface area contributed by atoms with Gasteiger partial charge in [0.2, 0.25) is 0 Å². The molecule has 0 fully saturated rings. The predicted octanol–water partition coefficient (Wildman–Crippen LogP) is 1.37. The Hall–Kier alpha value is -1.01. The molecule has 0 radical (unpaired) electrons. The smallest absolute Gasteiger partial charge is 0.305 e. The maximum Gasteiger partial charge on any atom is 0.305 e. The van der Waals surface area contributed by atoms with Gasteiger partial charge in [0.25, 0.3) is 0 Å². The van der Waals surface area contributed by atoms with E-state index in [9.17, 15) is 4.79 Å². The fourth-order valence-corrected chi connectivity index (χ4v) is 0.883. The van der Waals surface area contributed by atoms with Crippen LogP contribution in [-0.2, 0) is 14.3 Å². The van der Waals surface area contributed by atoms with Crippen LogP contribution in [0.15, 0.2) is 0 Å². The second-order valence-electron chi connectivity index (χ2n) is 2.64. The highest BCUT2D eigenvalue weighted by molar-refractivity contribution is 5.68. The van der Waals surface area contributed by atoms with Gasteiger partial charge in [-0.1, -0.05) is 12.3 Å². The molecule has 0 aliphatic heterocycles. The molecule has 0 heterocycles. The average molecular weight is 184 g/mol. The molecule has 0 aliphatic carbocycles. The van der Waals surface area contributed by atoms with Crippen LogP contribution in [0.3, 0.4) is 0 Å². The van der Waals surface area contributed by atoms with Crippen molar-refractivity contribution in [2.75, 3.05) is 20.3 Å². The minimum Gasteiger partial charge on any atom is -0.469 e. The number of ether oxygens (including phenoxy) is 2. The number of hydrogen-bond donors (Lipinski definition) is 0. The van der Waals surface area contributed by atoms with E-state index in [0.29, 0.717) is 19.6 Å². The summed E-state index contributed by atoms with van der Waals surface area (Å²) in [7, 11) is 1.40. The summed E-state index contributed by atoms with van der Waals surface area (Å²) in [6.07, 6.45) is 8.25. The fourth-order valence-electron chi connectivity index (χ4n) is 0.883. The third-order valence-electron chi connectivity index (χ3n) is 1.58. The number of esters is 1. The van der Waals surface area contributed by atoms with Gasteiger partial charge in [0, 0.05) is 13.0 Å². The van der Waals surface area contributed by atoms with Crippen LogP contribution in [-0.4, -0.2) is 26.3 Å². The number of carbonyl (C=O) groups is 1. The predicted molar refractivity (Wildman–Crippen MR) is 50.1 cm³/mol. The molecule has 0 saturated heterocycles. The highest BCUT2D eigenvalue weighted by Gasteiger charge is 1.98. The van der Waals surface area contributed by atoms with Gasteiger partial charge in [-0.2, -0.15) is 0 Å². The minimum absolute atomic E-state index is 0.149. The van der Waals surface area contributed by atoms with Gasteiger partial charge in [0.1, 0.15) is 6.61 Å². The second kappa shape index (κ2) is 9.08. The number of hydrogen-bond acceptors (Lipinski definition) is 3. The Morgan fingerprint density at radius 1 is 1.38 bits per heavy atom. The lowest BCUT2D eigenvalue weighted by atomic mass is 10.2. The van der Waals surface area contributed by atoms with Crippen molar-refractivity contribution in [1.82, 2.24) is 0 Å². The van der Waals surface area contributed by atoms with Crippen LogP contribution >= 0.6 is 0 Å². The molecule has 0 aromatic rings. The monoisotopic (exact) mass is 184 g/mol. The molecule has 0 saturated carbocycles. The van der Waals surface area contributed by atoms with E-state index in [1.165, 1.54) is 7.11 Å². The van der Waals surface area contributed by atoms with E-state index in [1.54, 1.807) is 0 Å². The van der Waals surface area contributed by atoms with E-state index in [1.807, 2.05) is 0 Å². The first-order valence-electron chi connectivity index (χ1n) is 4.39. The van der Waals surface area contributed by atoms with Crippen molar-refractivity contribution in [3.63, 3.8) is 0 Å². The van der Waals surface area contributed by atoms with Crippen LogP contribution in [0.5, 0.6) is 0 Å². The Bertz CT molecular complexity index is 169. The topological polar surface area (TPSA) is 35.5 Å². The van der Waals surface area contributed by atoms with Gasteiger partial charge in [-0.15, -0.1) is 6.42 Å². The van der Waals surface area contributed by atoms with Crippen molar-refractivity contribution in [3.05, 3.63) is 0 Å². The third-order valence-corrected chi connectivity index (χ3v) is 1.58. The van der Waals surface area contributed by atoms with Crippen LogP contribution < -0.4 is 0 Å². The highest BCUT2D eigenvalue weighted by Crippen LogP contribution is 2.00. The summed E-state index contributed by atoms with van der Waals surface area (Å²) in [6, 6.07) is 0. The van der Waals surface area contributed by atoms with Crippen molar-refractivity contribution in [3.8, 4) is 12.3 Å². The summed E-state index contributed by atoms with van der Waals surface area (Å²) in [5, 5.41) is 0. The van der Waals surface area contributed by atoms with Gasteiger partial charge in [0.05, 0.1) is 7.11 Å². The minimum atomic E-state index is -0.149. The second-order valence-corrected chi connectivity index (χ2v) is 2.64. The summed E-state index contributed by atoms with van der Waals surface area (Å²) < 4.78 is 9.56. The molecule has 0 aromatic heterocycles. The lowest BCUT2D eigenvalue weighted by Crippen LogP contribution is -2.00. The average Bonchev–Trinajstić information content (AvgIpc) is 2.16. The molecule has 74 valence electrons. The van der Waals surface area contributed by atoms with Crippen LogP contribution in [0.1, 0.15) is 25.7 Å². The van der Waals surface area contributed by atoms with E-state index in [0.717, 1.165) is 19.3 Å². The highest BCUT2D eigenvalue weighted by atomic mass is 16.5. The first-order valence-corrected chi connectivity index (χ1v) is 4.39. The Labute approximate surface area is 79.4 Å². The Kier molecular flexibility index (Phi) is 8.38. The van der Waals surface area contributed by atoms with Crippen molar-refractivity contribution in [1.29, 1.82) is 0 Å². The fraction of sp³-hybridized carbons (Fsp3) is 0.700. The summed E-state index contributed by atoms with van der Waals surface area (Å²) in [6.45, 7) is 1.04.